The summed E-state index contributed by atoms with van der Waals surface area (Å²) in [4.78, 5) is 10.5. The zero-order valence-corrected chi connectivity index (χ0v) is 8.95. The van der Waals surface area contributed by atoms with Crippen molar-refractivity contribution in [3.63, 3.8) is 0 Å². The third kappa shape index (κ3) is 2.41. The smallest absolute Gasteiger partial charge is 0.305 e. The van der Waals surface area contributed by atoms with Gasteiger partial charge in [0.1, 0.15) is 5.75 Å². The first-order valence-electron chi connectivity index (χ1n) is 5.07. The van der Waals surface area contributed by atoms with Crippen molar-refractivity contribution in [2.75, 3.05) is 0 Å². The van der Waals surface area contributed by atoms with Gasteiger partial charge in [-0.3, -0.25) is 4.79 Å². The summed E-state index contributed by atoms with van der Waals surface area (Å²) in [7, 11) is 0. The lowest BCUT2D eigenvalue weighted by atomic mass is 10.1. The summed E-state index contributed by atoms with van der Waals surface area (Å²) in [5.74, 6) is -0.782. The van der Waals surface area contributed by atoms with Gasteiger partial charge in [0.2, 0.25) is 0 Å². The number of benzene rings is 1. The summed E-state index contributed by atoms with van der Waals surface area (Å²) < 4.78 is 1.46. The number of carboxylic acids is 1. The Morgan fingerprint density at radius 1 is 1.35 bits per heavy atom. The average Bonchev–Trinajstić information content (AvgIpc) is 2.75. The Morgan fingerprint density at radius 3 is 2.82 bits per heavy atom. The molecule has 0 saturated carbocycles. The van der Waals surface area contributed by atoms with E-state index in [1.165, 1.54) is 10.9 Å². The molecular weight excluding hydrogens is 222 g/mol. The van der Waals surface area contributed by atoms with Crippen LogP contribution in [0.15, 0.2) is 30.5 Å². The highest BCUT2D eigenvalue weighted by atomic mass is 16.4. The average molecular weight is 233 g/mol. The van der Waals surface area contributed by atoms with Gasteiger partial charge in [-0.2, -0.15) is 0 Å². The number of rotatable bonds is 4. The van der Waals surface area contributed by atoms with Gasteiger partial charge < -0.3 is 10.2 Å². The minimum Gasteiger partial charge on any atom is -0.507 e. The van der Waals surface area contributed by atoms with Crippen LogP contribution in [0.5, 0.6) is 5.75 Å². The van der Waals surface area contributed by atoms with Crippen LogP contribution in [0, 0.1) is 0 Å². The molecule has 0 atom stereocenters. The van der Waals surface area contributed by atoms with E-state index in [0.29, 0.717) is 11.3 Å². The monoisotopic (exact) mass is 233 g/mol. The highest BCUT2D eigenvalue weighted by Gasteiger charge is 2.11. The number of aliphatic carboxylic acids is 1. The normalized spacial score (nSPS) is 10.4. The number of para-hydroxylation sites is 1. The van der Waals surface area contributed by atoms with E-state index in [1.54, 1.807) is 24.3 Å². The number of aromatic nitrogens is 3. The van der Waals surface area contributed by atoms with Crippen molar-refractivity contribution >= 4 is 5.97 Å². The van der Waals surface area contributed by atoms with E-state index in [0.717, 1.165) is 0 Å². The van der Waals surface area contributed by atoms with Crippen LogP contribution in [-0.2, 0) is 11.3 Å². The summed E-state index contributed by atoms with van der Waals surface area (Å²) in [6, 6.07) is 6.78. The fourth-order valence-corrected chi connectivity index (χ4v) is 1.52. The topological polar surface area (TPSA) is 88.2 Å². The molecule has 2 aromatic rings. The molecule has 1 heterocycles. The molecule has 2 rings (SSSR count). The van der Waals surface area contributed by atoms with Crippen molar-refractivity contribution in [3.8, 4) is 17.0 Å². The second-order valence-corrected chi connectivity index (χ2v) is 3.50. The largest absolute Gasteiger partial charge is 0.507 e. The van der Waals surface area contributed by atoms with Crippen molar-refractivity contribution < 1.29 is 15.0 Å². The van der Waals surface area contributed by atoms with Crippen molar-refractivity contribution in [2.24, 2.45) is 0 Å². The lowest BCUT2D eigenvalue weighted by molar-refractivity contribution is -0.137. The number of phenolic OH excluding ortho intramolecular Hbond substituents is 1. The number of nitrogens with zero attached hydrogens (tertiary/aromatic N) is 3. The van der Waals surface area contributed by atoms with Crippen LogP contribution in [-0.4, -0.2) is 31.2 Å². The molecule has 1 aromatic heterocycles. The molecule has 0 aliphatic heterocycles. The van der Waals surface area contributed by atoms with Gasteiger partial charge in [0.15, 0.2) is 0 Å². The van der Waals surface area contributed by atoms with Crippen molar-refractivity contribution in [1.29, 1.82) is 0 Å². The molecule has 17 heavy (non-hydrogen) atoms. The standard InChI is InChI=1S/C11H11N3O3/c15-10-4-2-1-3-8(10)9-7-12-13-14(9)6-5-11(16)17/h1-4,7,15H,5-6H2,(H,16,17). The molecule has 0 spiro atoms. The molecule has 0 unspecified atom stereocenters. The van der Waals surface area contributed by atoms with Crippen LogP contribution in [0.2, 0.25) is 0 Å². The Morgan fingerprint density at radius 2 is 2.12 bits per heavy atom. The summed E-state index contributed by atoms with van der Waals surface area (Å²) >= 11 is 0. The van der Waals surface area contributed by atoms with Crippen LogP contribution in [0.1, 0.15) is 6.42 Å². The molecule has 0 aliphatic rings. The maximum atomic E-state index is 10.5. The molecule has 0 fully saturated rings. The number of carbonyl (C=O) groups is 1. The van der Waals surface area contributed by atoms with Gasteiger partial charge in [-0.1, -0.05) is 17.3 Å². The third-order valence-corrected chi connectivity index (χ3v) is 2.34. The molecule has 2 N–H and O–H groups in total. The van der Waals surface area contributed by atoms with Gasteiger partial charge in [0.25, 0.3) is 0 Å². The number of phenols is 1. The molecule has 88 valence electrons. The van der Waals surface area contributed by atoms with E-state index in [4.69, 9.17) is 5.11 Å². The second-order valence-electron chi connectivity index (χ2n) is 3.50. The van der Waals surface area contributed by atoms with Gasteiger partial charge in [-0.05, 0) is 12.1 Å². The number of carboxylic acid groups (broad SMARTS) is 1. The van der Waals surface area contributed by atoms with E-state index >= 15 is 0 Å². The lowest BCUT2D eigenvalue weighted by Gasteiger charge is -2.06. The first-order valence-corrected chi connectivity index (χ1v) is 5.07. The highest BCUT2D eigenvalue weighted by molar-refractivity contribution is 5.68. The fraction of sp³-hybridized carbons (Fsp3) is 0.182. The first kappa shape index (κ1) is 11.1. The highest BCUT2D eigenvalue weighted by Crippen LogP contribution is 2.27. The number of aromatic hydroxyl groups is 1. The summed E-state index contributed by atoms with van der Waals surface area (Å²) in [5, 5.41) is 25.8. The van der Waals surface area contributed by atoms with Gasteiger partial charge in [0, 0.05) is 5.56 Å². The third-order valence-electron chi connectivity index (χ3n) is 2.34. The predicted molar refractivity (Wildman–Crippen MR) is 59.4 cm³/mol. The molecule has 0 radical (unpaired) electrons. The molecule has 6 nitrogen and oxygen atoms in total. The van der Waals surface area contributed by atoms with Gasteiger partial charge >= 0.3 is 5.97 Å². The first-order chi connectivity index (χ1) is 8.18. The molecule has 0 amide bonds. The number of hydrogen-bond donors (Lipinski definition) is 2. The van der Waals surface area contributed by atoms with Crippen LogP contribution in [0.25, 0.3) is 11.3 Å². The Bertz CT molecular complexity index is 536. The quantitative estimate of drug-likeness (QED) is 0.826. The Hall–Kier alpha value is -2.37. The summed E-state index contributed by atoms with van der Waals surface area (Å²) in [6.07, 6.45) is 1.46. The molecule has 1 aromatic carbocycles. The minimum absolute atomic E-state index is 0.0377. The SMILES string of the molecule is O=C(O)CCn1nncc1-c1ccccc1O. The number of aryl methyl sites for hydroxylation is 1. The summed E-state index contributed by atoms with van der Waals surface area (Å²) in [5.41, 5.74) is 1.19. The molecule has 0 bridgehead atoms. The van der Waals surface area contributed by atoms with Gasteiger partial charge in [-0.25, -0.2) is 4.68 Å². The Labute approximate surface area is 97.1 Å². The van der Waals surface area contributed by atoms with Crippen molar-refractivity contribution in [2.45, 2.75) is 13.0 Å². The molecular formula is C11H11N3O3. The lowest BCUT2D eigenvalue weighted by Crippen LogP contribution is -2.07. The van der Waals surface area contributed by atoms with E-state index in [-0.39, 0.29) is 18.7 Å². The van der Waals surface area contributed by atoms with Crippen LogP contribution < -0.4 is 0 Å². The van der Waals surface area contributed by atoms with Crippen LogP contribution in [0.3, 0.4) is 0 Å². The fourth-order valence-electron chi connectivity index (χ4n) is 1.52. The second kappa shape index (κ2) is 4.65. The van der Waals surface area contributed by atoms with Crippen molar-refractivity contribution in [3.05, 3.63) is 30.5 Å². The van der Waals surface area contributed by atoms with E-state index in [9.17, 15) is 9.90 Å². The number of hydrogen-bond acceptors (Lipinski definition) is 4. The van der Waals surface area contributed by atoms with Gasteiger partial charge in [0.05, 0.1) is 24.9 Å². The maximum absolute atomic E-state index is 10.5. The van der Waals surface area contributed by atoms with Gasteiger partial charge in [-0.15, -0.1) is 5.10 Å². The minimum atomic E-state index is -0.899. The van der Waals surface area contributed by atoms with Crippen LogP contribution >= 0.6 is 0 Å². The molecule has 0 aliphatic carbocycles. The zero-order valence-electron chi connectivity index (χ0n) is 8.95. The van der Waals surface area contributed by atoms with E-state index in [1.807, 2.05) is 0 Å². The Kier molecular flexibility index (Phi) is 3.04. The van der Waals surface area contributed by atoms with Crippen molar-refractivity contribution in [1.82, 2.24) is 15.0 Å². The predicted octanol–water partition coefficient (Wildman–Crippen LogP) is 1.13. The maximum Gasteiger partial charge on any atom is 0.305 e. The zero-order chi connectivity index (χ0) is 12.3. The molecule has 6 heteroatoms. The van der Waals surface area contributed by atoms with E-state index < -0.39 is 5.97 Å². The Balaban J connectivity index is 2.31. The van der Waals surface area contributed by atoms with Crippen LogP contribution in [0.4, 0.5) is 0 Å². The summed E-state index contributed by atoms with van der Waals surface area (Å²) in [6.45, 7) is 0.221. The molecule has 0 saturated heterocycles. The van der Waals surface area contributed by atoms with E-state index in [2.05, 4.69) is 10.3 Å².